The van der Waals surface area contributed by atoms with E-state index < -0.39 is 0 Å². The Morgan fingerprint density at radius 3 is 2.17 bits per heavy atom. The van der Waals surface area contributed by atoms with Crippen molar-refractivity contribution in [3.63, 3.8) is 0 Å². The number of hydrogen-bond donors (Lipinski definition) is 1. The second kappa shape index (κ2) is 3.78. The van der Waals surface area contributed by atoms with Gasteiger partial charge in [0.1, 0.15) is 0 Å². The first kappa shape index (κ1) is 10.0. The second-order valence-electron chi connectivity index (χ2n) is 4.97. The minimum atomic E-state index is 0.643. The lowest BCUT2D eigenvalue weighted by molar-refractivity contribution is 0.334. The van der Waals surface area contributed by atoms with E-state index >= 15 is 0 Å². The Morgan fingerprint density at radius 2 is 1.83 bits per heavy atom. The summed E-state index contributed by atoms with van der Waals surface area (Å²) < 4.78 is 0. The van der Waals surface area contributed by atoms with Gasteiger partial charge < -0.3 is 5.32 Å². The van der Waals surface area contributed by atoms with Crippen molar-refractivity contribution in [2.45, 2.75) is 52.5 Å². The molecule has 1 heteroatoms. The largest absolute Gasteiger partial charge is 0.316 e. The van der Waals surface area contributed by atoms with Crippen LogP contribution in [0.4, 0.5) is 0 Å². The fourth-order valence-electron chi connectivity index (χ4n) is 1.89. The smallest absolute Gasteiger partial charge is 0.0118 e. The third-order valence-electron chi connectivity index (χ3n) is 3.26. The van der Waals surface area contributed by atoms with Gasteiger partial charge in [-0.25, -0.2) is 0 Å². The molecule has 0 radical (unpaired) electrons. The number of hydrogen-bond acceptors (Lipinski definition) is 1. The fraction of sp³-hybridized carbons (Fsp3) is 1.00. The van der Waals surface area contributed by atoms with E-state index in [1.54, 1.807) is 0 Å². The molecule has 1 aliphatic carbocycles. The average molecular weight is 169 g/mol. The van der Waals surface area contributed by atoms with E-state index in [2.05, 4.69) is 33.1 Å². The predicted octanol–water partition coefficient (Wildman–Crippen LogP) is 2.81. The highest BCUT2D eigenvalue weighted by atomic mass is 14.9. The van der Waals surface area contributed by atoms with Gasteiger partial charge in [-0.2, -0.15) is 0 Å². The van der Waals surface area contributed by atoms with Gasteiger partial charge in [0.05, 0.1) is 0 Å². The molecule has 0 aliphatic heterocycles. The van der Waals surface area contributed by atoms with E-state index in [-0.39, 0.29) is 0 Å². The highest BCUT2D eigenvalue weighted by molar-refractivity contribution is 4.98. The van der Waals surface area contributed by atoms with Gasteiger partial charge in [-0.3, -0.25) is 0 Å². The lowest BCUT2D eigenvalue weighted by atomic mass is 9.92. The molecule has 0 heterocycles. The Morgan fingerprint density at radius 1 is 1.25 bits per heavy atom. The Bertz CT molecular complexity index is 136. The molecule has 0 aromatic carbocycles. The van der Waals surface area contributed by atoms with Crippen LogP contribution in [0, 0.1) is 11.3 Å². The van der Waals surface area contributed by atoms with Crippen LogP contribution < -0.4 is 5.32 Å². The van der Waals surface area contributed by atoms with Gasteiger partial charge in [-0.15, -0.1) is 0 Å². The van der Waals surface area contributed by atoms with Crippen molar-refractivity contribution in [1.29, 1.82) is 0 Å². The van der Waals surface area contributed by atoms with E-state index in [1.807, 2.05) is 0 Å². The summed E-state index contributed by atoms with van der Waals surface area (Å²) in [6.45, 7) is 7.03. The molecule has 0 bridgehead atoms. The van der Waals surface area contributed by atoms with Gasteiger partial charge in [-0.05, 0) is 44.1 Å². The topological polar surface area (TPSA) is 12.0 Å². The first-order valence-electron chi connectivity index (χ1n) is 5.26. The highest BCUT2D eigenvalue weighted by Gasteiger charge is 2.43. The van der Waals surface area contributed by atoms with Gasteiger partial charge in [-0.1, -0.05) is 20.8 Å². The van der Waals surface area contributed by atoms with E-state index in [0.717, 1.165) is 12.0 Å². The summed E-state index contributed by atoms with van der Waals surface area (Å²) in [5.74, 6) is 0.850. The quantitative estimate of drug-likeness (QED) is 0.667. The molecule has 1 unspecified atom stereocenters. The van der Waals surface area contributed by atoms with Crippen molar-refractivity contribution in [2.24, 2.45) is 11.3 Å². The predicted molar refractivity (Wildman–Crippen MR) is 54.3 cm³/mol. The molecule has 0 saturated heterocycles. The van der Waals surface area contributed by atoms with Gasteiger partial charge in [0.25, 0.3) is 0 Å². The molecule has 1 nitrogen and oxygen atoms in total. The van der Waals surface area contributed by atoms with E-state index in [0.29, 0.717) is 5.41 Å². The Balaban J connectivity index is 2.26. The average Bonchev–Trinajstić information content (AvgIpc) is 2.69. The van der Waals surface area contributed by atoms with Crippen molar-refractivity contribution in [3.8, 4) is 0 Å². The molecule has 1 fully saturated rings. The molecule has 0 spiro atoms. The molecule has 0 amide bonds. The summed E-state index contributed by atoms with van der Waals surface area (Å²) in [5, 5.41) is 3.46. The first-order chi connectivity index (χ1) is 5.58. The lowest BCUT2D eigenvalue weighted by Crippen LogP contribution is -2.33. The zero-order valence-corrected chi connectivity index (χ0v) is 8.98. The molecule has 72 valence electrons. The Labute approximate surface area is 76.9 Å². The molecule has 1 rings (SSSR count). The molecular formula is C11H23N. The summed E-state index contributed by atoms with van der Waals surface area (Å²) in [7, 11) is 2.11. The minimum absolute atomic E-state index is 0.643. The van der Waals surface area contributed by atoms with Crippen molar-refractivity contribution in [3.05, 3.63) is 0 Å². The monoisotopic (exact) mass is 169 g/mol. The van der Waals surface area contributed by atoms with Crippen molar-refractivity contribution >= 4 is 0 Å². The third kappa shape index (κ3) is 2.48. The van der Waals surface area contributed by atoms with Crippen LogP contribution in [0.3, 0.4) is 0 Å². The van der Waals surface area contributed by atoms with Crippen LogP contribution >= 0.6 is 0 Å². The lowest BCUT2D eigenvalue weighted by Gasteiger charge is -2.23. The summed E-state index contributed by atoms with van der Waals surface area (Å²) in [6, 6.07) is 0.764. The van der Waals surface area contributed by atoms with Gasteiger partial charge >= 0.3 is 0 Å². The van der Waals surface area contributed by atoms with Crippen LogP contribution in [0.15, 0.2) is 0 Å². The molecular weight excluding hydrogens is 146 g/mol. The molecule has 12 heavy (non-hydrogen) atoms. The highest BCUT2D eigenvalue weighted by Crippen LogP contribution is 2.49. The standard InChI is InChI=1S/C11H23N/c1-9(2)5-6-10(12-4)11(3)7-8-11/h9-10,12H,5-8H2,1-4H3. The fourth-order valence-corrected chi connectivity index (χ4v) is 1.89. The third-order valence-corrected chi connectivity index (χ3v) is 3.26. The Hall–Kier alpha value is -0.0400. The van der Waals surface area contributed by atoms with Crippen LogP contribution in [0.2, 0.25) is 0 Å². The molecule has 0 aromatic heterocycles. The maximum absolute atomic E-state index is 3.46. The molecule has 1 saturated carbocycles. The van der Waals surface area contributed by atoms with Gasteiger partial charge in [0, 0.05) is 6.04 Å². The molecule has 1 N–H and O–H groups in total. The SMILES string of the molecule is CNC(CCC(C)C)C1(C)CC1. The van der Waals surface area contributed by atoms with Gasteiger partial charge in [0.2, 0.25) is 0 Å². The first-order valence-corrected chi connectivity index (χ1v) is 5.26. The van der Waals surface area contributed by atoms with Crippen LogP contribution in [0.1, 0.15) is 46.5 Å². The van der Waals surface area contributed by atoms with E-state index in [9.17, 15) is 0 Å². The van der Waals surface area contributed by atoms with Crippen LogP contribution in [-0.4, -0.2) is 13.1 Å². The summed E-state index contributed by atoms with van der Waals surface area (Å²) in [6.07, 6.45) is 5.57. The van der Waals surface area contributed by atoms with E-state index in [4.69, 9.17) is 0 Å². The van der Waals surface area contributed by atoms with E-state index in [1.165, 1.54) is 25.7 Å². The zero-order valence-electron chi connectivity index (χ0n) is 8.98. The molecule has 1 atom stereocenters. The summed E-state index contributed by atoms with van der Waals surface area (Å²) in [4.78, 5) is 0. The summed E-state index contributed by atoms with van der Waals surface area (Å²) in [5.41, 5.74) is 0.643. The summed E-state index contributed by atoms with van der Waals surface area (Å²) >= 11 is 0. The van der Waals surface area contributed by atoms with Crippen molar-refractivity contribution in [2.75, 3.05) is 7.05 Å². The number of nitrogens with one attached hydrogen (secondary N) is 1. The minimum Gasteiger partial charge on any atom is -0.316 e. The van der Waals surface area contributed by atoms with Crippen molar-refractivity contribution < 1.29 is 0 Å². The molecule has 1 aliphatic rings. The Kier molecular flexibility index (Phi) is 3.16. The molecule has 0 aromatic rings. The van der Waals surface area contributed by atoms with Crippen molar-refractivity contribution in [1.82, 2.24) is 5.32 Å². The van der Waals surface area contributed by atoms with Crippen LogP contribution in [0.25, 0.3) is 0 Å². The second-order valence-corrected chi connectivity index (χ2v) is 4.97. The van der Waals surface area contributed by atoms with Gasteiger partial charge in [0.15, 0.2) is 0 Å². The van der Waals surface area contributed by atoms with Crippen LogP contribution in [-0.2, 0) is 0 Å². The maximum Gasteiger partial charge on any atom is 0.0118 e. The normalized spacial score (nSPS) is 22.8. The number of rotatable bonds is 5. The van der Waals surface area contributed by atoms with Crippen LogP contribution in [0.5, 0.6) is 0 Å². The zero-order chi connectivity index (χ0) is 9.19. The maximum atomic E-state index is 3.46.